The lowest BCUT2D eigenvalue weighted by atomic mass is 10.0. The van der Waals surface area contributed by atoms with Crippen molar-refractivity contribution in [3.05, 3.63) is 10.4 Å². The molecular formula is C6H11N3O2. The van der Waals surface area contributed by atoms with Crippen LogP contribution >= 0.6 is 0 Å². The van der Waals surface area contributed by atoms with Gasteiger partial charge in [-0.3, -0.25) is 4.79 Å². The van der Waals surface area contributed by atoms with E-state index in [4.69, 9.17) is 10.6 Å². The summed E-state index contributed by atoms with van der Waals surface area (Å²) in [5, 5.41) is 11.7. The van der Waals surface area contributed by atoms with E-state index in [1.165, 1.54) is 0 Å². The predicted molar refractivity (Wildman–Crippen MR) is 40.0 cm³/mol. The highest BCUT2D eigenvalue weighted by Crippen LogP contribution is 2.08. The summed E-state index contributed by atoms with van der Waals surface area (Å²) in [7, 11) is 0. The second kappa shape index (κ2) is 5.56. The van der Waals surface area contributed by atoms with Crippen molar-refractivity contribution in [2.75, 3.05) is 6.54 Å². The first kappa shape index (κ1) is 9.78. The molecular weight excluding hydrogens is 146 g/mol. The van der Waals surface area contributed by atoms with E-state index < -0.39 is 5.97 Å². The van der Waals surface area contributed by atoms with Crippen molar-refractivity contribution < 1.29 is 9.90 Å². The molecule has 0 aliphatic rings. The van der Waals surface area contributed by atoms with Crippen LogP contribution in [-0.2, 0) is 4.79 Å². The minimum absolute atomic E-state index is 0.0246. The summed E-state index contributed by atoms with van der Waals surface area (Å²) in [5.74, 6) is -0.867. The highest BCUT2D eigenvalue weighted by molar-refractivity contribution is 5.67. The van der Waals surface area contributed by atoms with Gasteiger partial charge in [0.05, 0.1) is 0 Å². The van der Waals surface area contributed by atoms with Gasteiger partial charge in [-0.15, -0.1) is 0 Å². The average molecular weight is 157 g/mol. The van der Waals surface area contributed by atoms with Crippen molar-refractivity contribution >= 4 is 5.97 Å². The smallest absolute Gasteiger partial charge is 0.303 e. The van der Waals surface area contributed by atoms with Crippen LogP contribution in [0.3, 0.4) is 0 Å². The van der Waals surface area contributed by atoms with Gasteiger partial charge in [0, 0.05) is 17.9 Å². The maximum Gasteiger partial charge on any atom is 0.303 e. The quantitative estimate of drug-likeness (QED) is 0.374. The van der Waals surface area contributed by atoms with Crippen molar-refractivity contribution in [2.24, 2.45) is 11.0 Å². The third-order valence-electron chi connectivity index (χ3n) is 1.44. The number of carbonyl (C=O) groups is 1. The van der Waals surface area contributed by atoms with Crippen LogP contribution in [0.2, 0.25) is 0 Å². The Morgan fingerprint density at radius 3 is 2.82 bits per heavy atom. The fraction of sp³-hybridized carbons (Fsp3) is 0.833. The van der Waals surface area contributed by atoms with Gasteiger partial charge < -0.3 is 5.11 Å². The lowest BCUT2D eigenvalue weighted by Gasteiger charge is -2.06. The molecule has 0 aromatic carbocycles. The molecule has 11 heavy (non-hydrogen) atoms. The van der Waals surface area contributed by atoms with Gasteiger partial charge in [0.1, 0.15) is 0 Å². The minimum atomic E-state index is -0.843. The first-order valence-electron chi connectivity index (χ1n) is 3.43. The molecule has 62 valence electrons. The number of azide groups is 1. The molecule has 5 heteroatoms. The van der Waals surface area contributed by atoms with Gasteiger partial charge in [0.15, 0.2) is 0 Å². The Kier molecular flexibility index (Phi) is 4.94. The van der Waals surface area contributed by atoms with E-state index in [1.54, 1.807) is 0 Å². The number of rotatable bonds is 5. The third-order valence-corrected chi connectivity index (χ3v) is 1.44. The first-order chi connectivity index (χ1) is 5.20. The Morgan fingerprint density at radius 1 is 1.82 bits per heavy atom. The molecule has 0 aliphatic carbocycles. The van der Waals surface area contributed by atoms with Crippen molar-refractivity contribution in [1.29, 1.82) is 0 Å². The maximum atomic E-state index is 10.2. The van der Waals surface area contributed by atoms with Crippen LogP contribution in [0.25, 0.3) is 10.4 Å². The average Bonchev–Trinajstić information content (AvgIpc) is 1.97. The molecule has 1 unspecified atom stereocenters. The van der Waals surface area contributed by atoms with E-state index in [0.29, 0.717) is 0 Å². The van der Waals surface area contributed by atoms with Crippen molar-refractivity contribution in [2.45, 2.75) is 19.8 Å². The lowest BCUT2D eigenvalue weighted by Crippen LogP contribution is -2.09. The first-order valence-corrected chi connectivity index (χ1v) is 3.43. The Morgan fingerprint density at radius 2 is 2.45 bits per heavy atom. The molecule has 0 amide bonds. The standard InChI is InChI=1S/C6H11N3O2/c1-2-5(3-6(10)11)4-8-9-7/h5H,2-4H2,1H3,(H,10,11). The number of hydrogen-bond donors (Lipinski definition) is 1. The van der Waals surface area contributed by atoms with Gasteiger partial charge in [0.25, 0.3) is 0 Å². The van der Waals surface area contributed by atoms with Gasteiger partial charge in [0.2, 0.25) is 0 Å². The van der Waals surface area contributed by atoms with Crippen molar-refractivity contribution in [1.82, 2.24) is 0 Å². The summed E-state index contributed by atoms with van der Waals surface area (Å²) in [5.41, 5.74) is 7.96. The fourth-order valence-corrected chi connectivity index (χ4v) is 0.737. The van der Waals surface area contributed by atoms with Crippen LogP contribution in [-0.4, -0.2) is 17.6 Å². The van der Waals surface area contributed by atoms with Gasteiger partial charge in [-0.25, -0.2) is 0 Å². The van der Waals surface area contributed by atoms with Gasteiger partial charge in [-0.05, 0) is 11.4 Å². The molecule has 1 atom stereocenters. The minimum Gasteiger partial charge on any atom is -0.481 e. The monoisotopic (exact) mass is 157 g/mol. The van der Waals surface area contributed by atoms with Crippen LogP contribution in [0.15, 0.2) is 5.11 Å². The molecule has 0 heterocycles. The Bertz CT molecular complexity index is 171. The van der Waals surface area contributed by atoms with Crippen molar-refractivity contribution in [3.63, 3.8) is 0 Å². The second-order valence-corrected chi connectivity index (χ2v) is 2.29. The molecule has 0 fully saturated rings. The van der Waals surface area contributed by atoms with E-state index in [9.17, 15) is 4.79 Å². The van der Waals surface area contributed by atoms with Crippen molar-refractivity contribution in [3.8, 4) is 0 Å². The van der Waals surface area contributed by atoms with E-state index >= 15 is 0 Å². The van der Waals surface area contributed by atoms with Crippen LogP contribution < -0.4 is 0 Å². The second-order valence-electron chi connectivity index (χ2n) is 2.29. The molecule has 0 saturated heterocycles. The third kappa shape index (κ3) is 5.24. The van der Waals surface area contributed by atoms with Crippen LogP contribution in [0.5, 0.6) is 0 Å². The van der Waals surface area contributed by atoms with Crippen LogP contribution in [0.1, 0.15) is 19.8 Å². The van der Waals surface area contributed by atoms with Gasteiger partial charge in [-0.2, -0.15) is 0 Å². The lowest BCUT2D eigenvalue weighted by molar-refractivity contribution is -0.138. The zero-order chi connectivity index (χ0) is 8.69. The molecule has 0 spiro atoms. The summed E-state index contributed by atoms with van der Waals surface area (Å²) in [6, 6.07) is 0. The highest BCUT2D eigenvalue weighted by Gasteiger charge is 2.08. The Balaban J connectivity index is 3.75. The SMILES string of the molecule is CCC(CN=[N+]=[N-])CC(=O)O. The van der Waals surface area contributed by atoms with E-state index in [1.807, 2.05) is 6.92 Å². The molecule has 5 nitrogen and oxygen atoms in total. The predicted octanol–water partition coefficient (Wildman–Crippen LogP) is 1.80. The van der Waals surface area contributed by atoms with E-state index in [-0.39, 0.29) is 18.9 Å². The number of carboxylic acid groups (broad SMARTS) is 1. The highest BCUT2D eigenvalue weighted by atomic mass is 16.4. The summed E-state index contributed by atoms with van der Waals surface area (Å²) < 4.78 is 0. The number of nitrogens with zero attached hydrogens (tertiary/aromatic N) is 3. The topological polar surface area (TPSA) is 86.1 Å². The van der Waals surface area contributed by atoms with Crippen LogP contribution in [0, 0.1) is 5.92 Å². The summed E-state index contributed by atoms with van der Waals surface area (Å²) in [4.78, 5) is 12.8. The summed E-state index contributed by atoms with van der Waals surface area (Å²) in [6.07, 6.45) is 0.806. The van der Waals surface area contributed by atoms with Gasteiger partial charge >= 0.3 is 5.97 Å². The van der Waals surface area contributed by atoms with Gasteiger partial charge in [-0.1, -0.05) is 18.5 Å². The maximum absolute atomic E-state index is 10.2. The molecule has 1 N–H and O–H groups in total. The summed E-state index contributed by atoms with van der Waals surface area (Å²) in [6.45, 7) is 2.15. The largest absolute Gasteiger partial charge is 0.481 e. The number of hydrogen-bond acceptors (Lipinski definition) is 2. The molecule has 0 radical (unpaired) electrons. The molecule has 0 aromatic rings. The normalized spacial score (nSPS) is 11.7. The molecule has 0 saturated carbocycles. The molecule has 0 aliphatic heterocycles. The number of carboxylic acids is 1. The molecule has 0 rings (SSSR count). The Hall–Kier alpha value is -1.22. The molecule has 0 aromatic heterocycles. The Labute approximate surface area is 64.7 Å². The fourth-order valence-electron chi connectivity index (χ4n) is 0.737. The van der Waals surface area contributed by atoms with E-state index in [0.717, 1.165) is 6.42 Å². The van der Waals surface area contributed by atoms with E-state index in [2.05, 4.69) is 10.0 Å². The van der Waals surface area contributed by atoms with Crippen LogP contribution in [0.4, 0.5) is 0 Å². The summed E-state index contributed by atoms with van der Waals surface area (Å²) >= 11 is 0. The zero-order valence-electron chi connectivity index (χ0n) is 6.40. The number of aliphatic carboxylic acids is 1. The molecule has 0 bridgehead atoms. The zero-order valence-corrected chi connectivity index (χ0v) is 6.40.